The topological polar surface area (TPSA) is 93.9 Å². The first-order valence-corrected chi connectivity index (χ1v) is 8.50. The molecule has 1 heterocycles. The van der Waals surface area contributed by atoms with Crippen molar-refractivity contribution in [2.24, 2.45) is 12.8 Å². The zero-order valence-electron chi connectivity index (χ0n) is 15.0. The second-order valence-electron chi connectivity index (χ2n) is 6.03. The van der Waals surface area contributed by atoms with E-state index in [9.17, 15) is 10.1 Å². The molecule has 6 nitrogen and oxygen atoms in total. The van der Waals surface area contributed by atoms with Gasteiger partial charge in [0.25, 0.3) is 5.91 Å². The molecule has 2 N–H and O–H groups in total. The number of carbonyl (C=O) groups is 1. The first-order chi connectivity index (χ1) is 12.0. The van der Waals surface area contributed by atoms with E-state index in [1.54, 1.807) is 36.9 Å². The van der Waals surface area contributed by atoms with Crippen LogP contribution in [0.1, 0.15) is 54.2 Å². The van der Waals surface area contributed by atoms with Crippen molar-refractivity contribution in [2.75, 3.05) is 6.61 Å². The summed E-state index contributed by atoms with van der Waals surface area (Å²) in [6.07, 6.45) is 4.43. The molecular weight excluding hydrogens is 316 g/mol. The van der Waals surface area contributed by atoms with Crippen molar-refractivity contribution in [3.63, 3.8) is 0 Å². The quantitative estimate of drug-likeness (QED) is 0.746. The lowest BCUT2D eigenvalue weighted by Crippen LogP contribution is -2.13. The first kappa shape index (κ1) is 18.5. The number of ether oxygens (including phenoxy) is 1. The highest BCUT2D eigenvalue weighted by Crippen LogP contribution is 2.29. The average molecular weight is 340 g/mol. The third kappa shape index (κ3) is 4.18. The molecule has 1 aromatic heterocycles. The van der Waals surface area contributed by atoms with E-state index in [0.717, 1.165) is 12.8 Å². The van der Waals surface area contributed by atoms with Gasteiger partial charge in [-0.3, -0.25) is 9.48 Å². The van der Waals surface area contributed by atoms with Gasteiger partial charge in [-0.1, -0.05) is 26.2 Å². The van der Waals surface area contributed by atoms with Crippen LogP contribution in [0.5, 0.6) is 5.75 Å². The van der Waals surface area contributed by atoms with Gasteiger partial charge in [-0.25, -0.2) is 0 Å². The van der Waals surface area contributed by atoms with E-state index in [4.69, 9.17) is 10.5 Å². The van der Waals surface area contributed by atoms with Gasteiger partial charge in [-0.05, 0) is 31.5 Å². The van der Waals surface area contributed by atoms with Crippen LogP contribution in [0.2, 0.25) is 0 Å². The van der Waals surface area contributed by atoms with E-state index in [1.807, 2.05) is 0 Å². The molecular formula is C19H24N4O2. The molecule has 2 rings (SSSR count). The van der Waals surface area contributed by atoms with Crippen LogP contribution in [0.25, 0.3) is 11.3 Å². The summed E-state index contributed by atoms with van der Waals surface area (Å²) in [5.74, 6) is 0.0198. The van der Waals surface area contributed by atoms with Gasteiger partial charge in [0.15, 0.2) is 0 Å². The standard InChI is InChI=1S/C19H24N4O2/c1-4-5-6-7-10-25-16-9-8-14(11-15(16)12-20)18-17(19(21)24)13(2)23(3)22-18/h8-9,11H,4-7,10H2,1-3H3,(H2,21,24). The predicted octanol–water partition coefficient (Wildman–Crippen LogP) is 3.33. The predicted molar refractivity (Wildman–Crippen MR) is 96.3 cm³/mol. The Morgan fingerprint density at radius 2 is 2.12 bits per heavy atom. The fourth-order valence-corrected chi connectivity index (χ4v) is 2.71. The minimum atomic E-state index is -0.532. The van der Waals surface area contributed by atoms with Crippen molar-refractivity contribution < 1.29 is 9.53 Å². The maximum atomic E-state index is 11.8. The Morgan fingerprint density at radius 1 is 1.36 bits per heavy atom. The summed E-state index contributed by atoms with van der Waals surface area (Å²) in [6.45, 7) is 4.53. The van der Waals surface area contributed by atoms with Crippen LogP contribution >= 0.6 is 0 Å². The fourth-order valence-electron chi connectivity index (χ4n) is 2.71. The summed E-state index contributed by atoms with van der Waals surface area (Å²) < 4.78 is 7.34. The Morgan fingerprint density at radius 3 is 2.76 bits per heavy atom. The normalized spacial score (nSPS) is 10.5. The number of carbonyl (C=O) groups excluding carboxylic acids is 1. The number of rotatable bonds is 8. The summed E-state index contributed by atoms with van der Waals surface area (Å²) >= 11 is 0. The maximum Gasteiger partial charge on any atom is 0.252 e. The Bertz CT molecular complexity index is 802. The number of aryl methyl sites for hydroxylation is 1. The number of nitriles is 1. The number of primary amides is 1. The molecule has 6 heteroatoms. The number of amides is 1. The summed E-state index contributed by atoms with van der Waals surface area (Å²) in [7, 11) is 1.75. The van der Waals surface area contributed by atoms with Gasteiger partial charge in [-0.2, -0.15) is 10.4 Å². The Labute approximate surface area is 148 Å². The van der Waals surface area contributed by atoms with Gasteiger partial charge in [-0.15, -0.1) is 0 Å². The highest BCUT2D eigenvalue weighted by molar-refractivity contribution is 6.00. The Hall–Kier alpha value is -2.81. The van der Waals surface area contributed by atoms with Gasteiger partial charge in [0.05, 0.1) is 17.7 Å². The molecule has 0 atom stereocenters. The summed E-state index contributed by atoms with van der Waals surface area (Å²) in [5.41, 5.74) is 8.14. The number of hydrogen-bond acceptors (Lipinski definition) is 4. The first-order valence-electron chi connectivity index (χ1n) is 8.50. The molecule has 0 aliphatic heterocycles. The molecule has 1 aromatic carbocycles. The zero-order chi connectivity index (χ0) is 18.4. The van der Waals surface area contributed by atoms with E-state index in [-0.39, 0.29) is 0 Å². The van der Waals surface area contributed by atoms with Crippen LogP contribution in [0.15, 0.2) is 18.2 Å². The molecule has 0 saturated carbocycles. The van der Waals surface area contributed by atoms with Gasteiger partial charge in [0.1, 0.15) is 17.5 Å². The van der Waals surface area contributed by atoms with Crippen LogP contribution in [0.3, 0.4) is 0 Å². The molecule has 0 unspecified atom stereocenters. The molecule has 0 spiro atoms. The van der Waals surface area contributed by atoms with Crippen LogP contribution in [0, 0.1) is 18.3 Å². The van der Waals surface area contributed by atoms with E-state index < -0.39 is 5.91 Å². The monoisotopic (exact) mass is 340 g/mol. The molecule has 0 saturated heterocycles. The van der Waals surface area contributed by atoms with Crippen LogP contribution in [0.4, 0.5) is 0 Å². The molecule has 0 radical (unpaired) electrons. The lowest BCUT2D eigenvalue weighted by atomic mass is 10.0. The van der Waals surface area contributed by atoms with Gasteiger partial charge < -0.3 is 10.5 Å². The number of unbranched alkanes of at least 4 members (excludes halogenated alkanes) is 3. The van der Waals surface area contributed by atoms with Gasteiger partial charge >= 0.3 is 0 Å². The second-order valence-corrected chi connectivity index (χ2v) is 6.03. The molecule has 0 fully saturated rings. The van der Waals surface area contributed by atoms with Crippen molar-refractivity contribution in [3.05, 3.63) is 35.0 Å². The molecule has 1 amide bonds. The zero-order valence-corrected chi connectivity index (χ0v) is 15.0. The smallest absolute Gasteiger partial charge is 0.252 e. The minimum Gasteiger partial charge on any atom is -0.492 e. The van der Waals surface area contributed by atoms with Crippen LogP contribution < -0.4 is 10.5 Å². The molecule has 0 bridgehead atoms. The Balaban J connectivity index is 2.27. The number of nitrogens with two attached hydrogens (primary N) is 1. The van der Waals surface area contributed by atoms with Crippen molar-refractivity contribution in [2.45, 2.75) is 39.5 Å². The van der Waals surface area contributed by atoms with Crippen molar-refractivity contribution in [1.82, 2.24) is 9.78 Å². The molecule has 25 heavy (non-hydrogen) atoms. The van der Waals surface area contributed by atoms with E-state index in [1.165, 1.54) is 12.8 Å². The van der Waals surface area contributed by atoms with Crippen LogP contribution in [-0.4, -0.2) is 22.3 Å². The number of benzene rings is 1. The lowest BCUT2D eigenvalue weighted by molar-refractivity contribution is 0.1000. The van der Waals surface area contributed by atoms with E-state index in [0.29, 0.717) is 40.4 Å². The SMILES string of the molecule is CCCCCCOc1ccc(-c2nn(C)c(C)c2C(N)=O)cc1C#N. The third-order valence-corrected chi connectivity index (χ3v) is 4.21. The highest BCUT2D eigenvalue weighted by Gasteiger charge is 2.20. The van der Waals surface area contributed by atoms with Crippen molar-refractivity contribution in [3.8, 4) is 23.1 Å². The Kier molecular flexibility index (Phi) is 6.18. The fraction of sp³-hybridized carbons (Fsp3) is 0.421. The number of aromatic nitrogens is 2. The molecule has 2 aromatic rings. The summed E-state index contributed by atoms with van der Waals surface area (Å²) in [5, 5.41) is 13.8. The molecule has 0 aliphatic rings. The minimum absolute atomic E-state index is 0.375. The molecule has 132 valence electrons. The second kappa shape index (κ2) is 8.34. The van der Waals surface area contributed by atoms with Gasteiger partial charge in [0.2, 0.25) is 0 Å². The van der Waals surface area contributed by atoms with Crippen molar-refractivity contribution in [1.29, 1.82) is 5.26 Å². The summed E-state index contributed by atoms with van der Waals surface area (Å²) in [4.78, 5) is 11.8. The third-order valence-electron chi connectivity index (χ3n) is 4.21. The molecule has 0 aliphatic carbocycles. The largest absolute Gasteiger partial charge is 0.492 e. The van der Waals surface area contributed by atoms with Crippen molar-refractivity contribution >= 4 is 5.91 Å². The van der Waals surface area contributed by atoms with E-state index in [2.05, 4.69) is 18.1 Å². The lowest BCUT2D eigenvalue weighted by Gasteiger charge is -2.09. The highest BCUT2D eigenvalue weighted by atomic mass is 16.5. The van der Waals surface area contributed by atoms with Crippen LogP contribution in [-0.2, 0) is 7.05 Å². The summed E-state index contributed by atoms with van der Waals surface area (Å²) in [6, 6.07) is 7.40. The number of hydrogen-bond donors (Lipinski definition) is 1. The van der Waals surface area contributed by atoms with Gasteiger partial charge in [0, 0.05) is 18.3 Å². The number of nitrogens with zero attached hydrogens (tertiary/aromatic N) is 3. The average Bonchev–Trinajstić information content (AvgIpc) is 2.90. The maximum absolute atomic E-state index is 11.8. The van der Waals surface area contributed by atoms with E-state index >= 15 is 0 Å².